The van der Waals surface area contributed by atoms with Gasteiger partial charge in [-0.05, 0) is 12.1 Å². The highest BCUT2D eigenvalue weighted by atomic mass is 19.1. The van der Waals surface area contributed by atoms with Gasteiger partial charge < -0.3 is 15.4 Å². The lowest BCUT2D eigenvalue weighted by atomic mass is 10.1. The summed E-state index contributed by atoms with van der Waals surface area (Å²) in [6.07, 6.45) is 0. The van der Waals surface area contributed by atoms with Crippen molar-refractivity contribution in [3.63, 3.8) is 0 Å². The number of rotatable bonds is 5. The van der Waals surface area contributed by atoms with E-state index in [-0.39, 0.29) is 12.4 Å². The average molecular weight is 267 g/mol. The molecule has 0 unspecified atom stereocenters. The molecule has 2 rings (SSSR count). The number of nitrogens with zero attached hydrogens (tertiary/aromatic N) is 2. The Morgan fingerprint density at radius 3 is 2.63 bits per heavy atom. The van der Waals surface area contributed by atoms with Gasteiger partial charge in [0.05, 0.1) is 6.61 Å². The van der Waals surface area contributed by atoms with Crippen LogP contribution in [0.3, 0.4) is 0 Å². The summed E-state index contributed by atoms with van der Waals surface area (Å²) in [6, 6.07) is 5.18. The second-order valence-electron chi connectivity index (χ2n) is 4.76. The van der Waals surface area contributed by atoms with Gasteiger partial charge in [0, 0.05) is 57.6 Å². The molecule has 0 bridgehead atoms. The molecule has 106 valence electrons. The van der Waals surface area contributed by atoms with E-state index in [9.17, 15) is 4.39 Å². The Bertz CT molecular complexity index is 406. The van der Waals surface area contributed by atoms with E-state index in [4.69, 9.17) is 10.5 Å². The second-order valence-corrected chi connectivity index (χ2v) is 4.76. The van der Waals surface area contributed by atoms with Gasteiger partial charge in [0.25, 0.3) is 0 Å². The van der Waals surface area contributed by atoms with Crippen LogP contribution in [0.2, 0.25) is 0 Å². The van der Waals surface area contributed by atoms with E-state index in [2.05, 4.69) is 9.80 Å². The van der Waals surface area contributed by atoms with Crippen molar-refractivity contribution in [3.8, 4) is 0 Å². The van der Waals surface area contributed by atoms with Crippen LogP contribution in [0, 0.1) is 5.82 Å². The molecule has 0 aromatic heterocycles. The molecule has 5 heteroatoms. The van der Waals surface area contributed by atoms with Gasteiger partial charge in [0.15, 0.2) is 0 Å². The zero-order chi connectivity index (χ0) is 13.7. The van der Waals surface area contributed by atoms with Crippen molar-refractivity contribution in [2.75, 3.05) is 51.3 Å². The Labute approximate surface area is 113 Å². The van der Waals surface area contributed by atoms with Crippen molar-refractivity contribution in [2.45, 2.75) is 6.54 Å². The first kappa shape index (κ1) is 14.2. The second kappa shape index (κ2) is 6.84. The molecule has 1 aromatic rings. The number of benzene rings is 1. The molecular weight excluding hydrogens is 245 g/mol. The molecule has 1 saturated heterocycles. The topological polar surface area (TPSA) is 41.7 Å². The van der Waals surface area contributed by atoms with Gasteiger partial charge in [0.1, 0.15) is 5.82 Å². The molecule has 1 fully saturated rings. The molecule has 2 N–H and O–H groups in total. The molecule has 19 heavy (non-hydrogen) atoms. The van der Waals surface area contributed by atoms with Crippen molar-refractivity contribution < 1.29 is 9.13 Å². The first-order chi connectivity index (χ1) is 9.26. The Balaban J connectivity index is 1.99. The van der Waals surface area contributed by atoms with Gasteiger partial charge in [-0.15, -0.1) is 0 Å². The predicted octanol–water partition coefficient (Wildman–Crippen LogP) is 1.05. The van der Waals surface area contributed by atoms with Gasteiger partial charge in [0.2, 0.25) is 0 Å². The van der Waals surface area contributed by atoms with Crippen molar-refractivity contribution in [3.05, 3.63) is 29.6 Å². The van der Waals surface area contributed by atoms with Gasteiger partial charge in [-0.1, -0.05) is 6.07 Å². The maximum absolute atomic E-state index is 13.7. The highest BCUT2D eigenvalue weighted by Crippen LogP contribution is 2.23. The van der Waals surface area contributed by atoms with Gasteiger partial charge in [-0.25, -0.2) is 4.39 Å². The third-order valence-corrected chi connectivity index (χ3v) is 3.62. The SMILES string of the molecule is COCCN1CCN(c2cccc(F)c2CN)CC1. The van der Waals surface area contributed by atoms with Crippen LogP contribution in [0.5, 0.6) is 0 Å². The van der Waals surface area contributed by atoms with Gasteiger partial charge >= 0.3 is 0 Å². The Morgan fingerprint density at radius 1 is 1.26 bits per heavy atom. The van der Waals surface area contributed by atoms with Crippen LogP contribution in [-0.4, -0.2) is 51.3 Å². The standard InChI is InChI=1S/C14H22FN3O/c1-19-10-9-17-5-7-18(8-6-17)14-4-2-3-13(15)12(14)11-16/h2-4H,5-11,16H2,1H3. The summed E-state index contributed by atoms with van der Waals surface area (Å²) in [6.45, 7) is 5.71. The van der Waals surface area contributed by atoms with E-state index in [0.717, 1.165) is 45.0 Å². The molecule has 0 radical (unpaired) electrons. The van der Waals surface area contributed by atoms with Crippen LogP contribution < -0.4 is 10.6 Å². The number of hydrogen-bond acceptors (Lipinski definition) is 4. The molecule has 1 aliphatic rings. The summed E-state index contributed by atoms with van der Waals surface area (Å²) in [5.74, 6) is -0.207. The molecule has 1 aliphatic heterocycles. The molecule has 0 amide bonds. The molecule has 0 spiro atoms. The number of nitrogens with two attached hydrogens (primary N) is 1. The van der Waals surface area contributed by atoms with Gasteiger partial charge in [-0.3, -0.25) is 4.90 Å². The lowest BCUT2D eigenvalue weighted by Gasteiger charge is -2.36. The van der Waals surface area contributed by atoms with Crippen molar-refractivity contribution >= 4 is 5.69 Å². The summed E-state index contributed by atoms with van der Waals surface area (Å²) in [5, 5.41) is 0. The smallest absolute Gasteiger partial charge is 0.129 e. The highest BCUT2D eigenvalue weighted by Gasteiger charge is 2.19. The normalized spacial score (nSPS) is 16.9. The van der Waals surface area contributed by atoms with Crippen LogP contribution in [0.4, 0.5) is 10.1 Å². The maximum Gasteiger partial charge on any atom is 0.129 e. The van der Waals surface area contributed by atoms with E-state index in [1.165, 1.54) is 6.07 Å². The lowest BCUT2D eigenvalue weighted by molar-refractivity contribution is 0.144. The number of piperazine rings is 1. The Morgan fingerprint density at radius 2 is 2.00 bits per heavy atom. The van der Waals surface area contributed by atoms with E-state index in [0.29, 0.717) is 5.56 Å². The minimum absolute atomic E-state index is 0.207. The van der Waals surface area contributed by atoms with E-state index >= 15 is 0 Å². The summed E-state index contributed by atoms with van der Waals surface area (Å²) in [5.41, 5.74) is 7.21. The predicted molar refractivity (Wildman–Crippen MR) is 74.8 cm³/mol. The van der Waals surface area contributed by atoms with Gasteiger partial charge in [-0.2, -0.15) is 0 Å². The zero-order valence-electron chi connectivity index (χ0n) is 11.4. The summed E-state index contributed by atoms with van der Waals surface area (Å²) < 4.78 is 18.8. The van der Waals surface area contributed by atoms with Crippen LogP contribution in [0.1, 0.15) is 5.56 Å². The average Bonchev–Trinajstić information content (AvgIpc) is 2.45. The molecule has 4 nitrogen and oxygen atoms in total. The van der Waals surface area contributed by atoms with Crippen molar-refractivity contribution in [2.24, 2.45) is 5.73 Å². The van der Waals surface area contributed by atoms with Crippen LogP contribution in [0.25, 0.3) is 0 Å². The molecular formula is C14H22FN3O. The minimum atomic E-state index is -0.207. The third-order valence-electron chi connectivity index (χ3n) is 3.62. The Kier molecular flexibility index (Phi) is 5.13. The van der Waals surface area contributed by atoms with Crippen LogP contribution >= 0.6 is 0 Å². The summed E-state index contributed by atoms with van der Waals surface area (Å²) in [4.78, 5) is 4.58. The van der Waals surface area contributed by atoms with Crippen molar-refractivity contribution in [1.29, 1.82) is 0 Å². The number of anilines is 1. The fourth-order valence-electron chi connectivity index (χ4n) is 2.48. The van der Waals surface area contributed by atoms with E-state index in [1.54, 1.807) is 13.2 Å². The van der Waals surface area contributed by atoms with Crippen LogP contribution in [0.15, 0.2) is 18.2 Å². The number of ether oxygens (including phenoxy) is 1. The summed E-state index contributed by atoms with van der Waals surface area (Å²) >= 11 is 0. The largest absolute Gasteiger partial charge is 0.383 e. The molecule has 0 atom stereocenters. The highest BCUT2D eigenvalue weighted by molar-refractivity contribution is 5.54. The molecule has 0 saturated carbocycles. The quantitative estimate of drug-likeness (QED) is 0.866. The van der Waals surface area contributed by atoms with E-state index < -0.39 is 0 Å². The molecule has 1 heterocycles. The number of methoxy groups -OCH3 is 1. The van der Waals surface area contributed by atoms with Crippen molar-refractivity contribution in [1.82, 2.24) is 4.90 Å². The molecule has 0 aliphatic carbocycles. The fourth-order valence-corrected chi connectivity index (χ4v) is 2.48. The number of hydrogen-bond donors (Lipinski definition) is 1. The van der Waals surface area contributed by atoms with E-state index in [1.807, 2.05) is 6.07 Å². The first-order valence-corrected chi connectivity index (χ1v) is 6.70. The number of halogens is 1. The Hall–Kier alpha value is -1.17. The zero-order valence-corrected chi connectivity index (χ0v) is 11.4. The van der Waals surface area contributed by atoms with Crippen LogP contribution in [-0.2, 0) is 11.3 Å². The first-order valence-electron chi connectivity index (χ1n) is 6.70. The monoisotopic (exact) mass is 267 g/mol. The fraction of sp³-hybridized carbons (Fsp3) is 0.571. The molecule has 1 aromatic carbocycles. The third kappa shape index (κ3) is 3.43. The lowest BCUT2D eigenvalue weighted by Crippen LogP contribution is -2.47. The maximum atomic E-state index is 13.7. The minimum Gasteiger partial charge on any atom is -0.383 e. The summed E-state index contributed by atoms with van der Waals surface area (Å²) in [7, 11) is 1.72.